The summed E-state index contributed by atoms with van der Waals surface area (Å²) in [7, 11) is 0. The molecular formula is C25H18FN5O3. The van der Waals surface area contributed by atoms with Crippen LogP contribution in [-0.2, 0) is 6.54 Å². The Labute approximate surface area is 193 Å². The summed E-state index contributed by atoms with van der Waals surface area (Å²) in [6, 6.07) is 19.5. The van der Waals surface area contributed by atoms with E-state index < -0.39 is 16.6 Å². The van der Waals surface area contributed by atoms with Gasteiger partial charge in [-0.25, -0.2) is 9.82 Å². The molecule has 4 aromatic rings. The van der Waals surface area contributed by atoms with Gasteiger partial charge >= 0.3 is 0 Å². The van der Waals surface area contributed by atoms with Gasteiger partial charge in [0.2, 0.25) is 0 Å². The number of carbonyl (C=O) groups excluding carboxylic acids is 1. The van der Waals surface area contributed by atoms with Crippen molar-refractivity contribution in [1.29, 1.82) is 5.26 Å². The van der Waals surface area contributed by atoms with E-state index in [1.165, 1.54) is 30.5 Å². The van der Waals surface area contributed by atoms with Crippen molar-refractivity contribution in [1.82, 2.24) is 9.99 Å². The molecule has 0 spiro atoms. The van der Waals surface area contributed by atoms with Crippen molar-refractivity contribution in [3.8, 4) is 6.07 Å². The summed E-state index contributed by atoms with van der Waals surface area (Å²) >= 11 is 0. The molecule has 0 bridgehead atoms. The van der Waals surface area contributed by atoms with Crippen LogP contribution < -0.4 is 5.43 Å². The van der Waals surface area contributed by atoms with Crippen LogP contribution in [0.4, 0.5) is 10.1 Å². The number of benzene rings is 3. The number of hydrazone groups is 1. The summed E-state index contributed by atoms with van der Waals surface area (Å²) in [5.74, 6) is -1.53. The van der Waals surface area contributed by atoms with Crippen LogP contribution in [0, 0.1) is 34.2 Å². The molecule has 0 aliphatic heterocycles. The van der Waals surface area contributed by atoms with E-state index in [0.717, 1.165) is 33.8 Å². The van der Waals surface area contributed by atoms with Crippen LogP contribution in [0.3, 0.4) is 0 Å². The van der Waals surface area contributed by atoms with Gasteiger partial charge in [-0.3, -0.25) is 14.9 Å². The average molecular weight is 455 g/mol. The first kappa shape index (κ1) is 22.4. The molecule has 1 N–H and O–H groups in total. The number of nitro groups is 1. The zero-order valence-electron chi connectivity index (χ0n) is 18.0. The van der Waals surface area contributed by atoms with Crippen LogP contribution in [0.25, 0.3) is 10.9 Å². The standard InChI is InChI=1S/C25H18FN5O3/c1-16-22(14-28-29-25(32)21-11-8-18(13-27)12-23(21)26)20-4-2-3-5-24(20)30(16)15-17-6-9-19(10-7-17)31(33)34/h2-12,14H,15H2,1H3,(H,29,32). The van der Waals surface area contributed by atoms with Crippen LogP contribution in [0.15, 0.2) is 71.8 Å². The minimum atomic E-state index is -0.803. The summed E-state index contributed by atoms with van der Waals surface area (Å²) in [6.07, 6.45) is 1.50. The first-order valence-electron chi connectivity index (χ1n) is 10.2. The highest BCUT2D eigenvalue weighted by Crippen LogP contribution is 2.26. The molecule has 0 saturated heterocycles. The van der Waals surface area contributed by atoms with Crippen molar-refractivity contribution >= 4 is 28.7 Å². The van der Waals surface area contributed by atoms with E-state index in [1.54, 1.807) is 12.1 Å². The van der Waals surface area contributed by atoms with Crippen molar-refractivity contribution in [3.63, 3.8) is 0 Å². The molecular weight excluding hydrogens is 437 g/mol. The molecule has 0 radical (unpaired) electrons. The van der Waals surface area contributed by atoms with Gasteiger partial charge < -0.3 is 4.57 Å². The van der Waals surface area contributed by atoms with E-state index in [0.29, 0.717) is 6.54 Å². The quantitative estimate of drug-likeness (QED) is 0.258. The molecule has 1 amide bonds. The lowest BCUT2D eigenvalue weighted by Crippen LogP contribution is -2.19. The fourth-order valence-electron chi connectivity index (χ4n) is 3.71. The van der Waals surface area contributed by atoms with E-state index in [2.05, 4.69) is 15.1 Å². The van der Waals surface area contributed by atoms with E-state index in [1.807, 2.05) is 37.3 Å². The fraction of sp³-hybridized carbons (Fsp3) is 0.0800. The highest BCUT2D eigenvalue weighted by atomic mass is 19.1. The Morgan fingerprint density at radius 1 is 1.21 bits per heavy atom. The first-order chi connectivity index (χ1) is 16.4. The number of aromatic nitrogens is 1. The number of amides is 1. The number of nitrogens with zero attached hydrogens (tertiary/aromatic N) is 4. The van der Waals surface area contributed by atoms with Crippen molar-refractivity contribution in [2.75, 3.05) is 0 Å². The molecule has 0 atom stereocenters. The summed E-state index contributed by atoms with van der Waals surface area (Å²) in [6.45, 7) is 2.40. The molecule has 1 heterocycles. The number of hydrogen-bond acceptors (Lipinski definition) is 5. The van der Waals surface area contributed by atoms with Crippen LogP contribution in [0.1, 0.15) is 32.7 Å². The lowest BCUT2D eigenvalue weighted by Gasteiger charge is -2.08. The minimum Gasteiger partial charge on any atom is -0.340 e. The van der Waals surface area contributed by atoms with Gasteiger partial charge in [-0.1, -0.05) is 30.3 Å². The molecule has 0 saturated carbocycles. The normalized spacial score (nSPS) is 11.0. The molecule has 0 aliphatic carbocycles. The molecule has 9 heteroatoms. The predicted molar refractivity (Wildman–Crippen MR) is 125 cm³/mol. The number of nitriles is 1. The predicted octanol–water partition coefficient (Wildman–Crippen LogP) is 4.68. The lowest BCUT2D eigenvalue weighted by molar-refractivity contribution is -0.384. The van der Waals surface area contributed by atoms with Gasteiger partial charge in [0.05, 0.1) is 28.3 Å². The Bertz CT molecular complexity index is 1480. The van der Waals surface area contributed by atoms with Crippen LogP contribution in [-0.4, -0.2) is 21.6 Å². The number of nitrogens with one attached hydrogen (secondary N) is 1. The zero-order valence-corrected chi connectivity index (χ0v) is 18.0. The van der Waals surface area contributed by atoms with Gasteiger partial charge in [0.1, 0.15) is 5.82 Å². The second-order valence-corrected chi connectivity index (χ2v) is 7.53. The maximum atomic E-state index is 14.1. The van der Waals surface area contributed by atoms with Crippen molar-refractivity contribution in [2.24, 2.45) is 5.10 Å². The summed E-state index contributed by atoms with van der Waals surface area (Å²) in [5.41, 5.74) is 5.74. The number of non-ortho nitro benzene ring substituents is 1. The topological polar surface area (TPSA) is 113 Å². The second-order valence-electron chi connectivity index (χ2n) is 7.53. The molecule has 1 aromatic heterocycles. The second kappa shape index (κ2) is 9.34. The van der Waals surface area contributed by atoms with E-state index in [9.17, 15) is 19.3 Å². The largest absolute Gasteiger partial charge is 0.340 e. The first-order valence-corrected chi connectivity index (χ1v) is 10.2. The Morgan fingerprint density at radius 3 is 2.62 bits per heavy atom. The highest BCUT2D eigenvalue weighted by molar-refractivity contribution is 6.02. The van der Waals surface area contributed by atoms with Crippen LogP contribution >= 0.6 is 0 Å². The Morgan fingerprint density at radius 2 is 1.94 bits per heavy atom. The smallest absolute Gasteiger partial charge is 0.274 e. The molecule has 0 fully saturated rings. The molecule has 0 aliphatic rings. The summed E-state index contributed by atoms with van der Waals surface area (Å²) in [5, 5.41) is 24.7. The van der Waals surface area contributed by atoms with Gasteiger partial charge in [-0.15, -0.1) is 0 Å². The maximum Gasteiger partial charge on any atom is 0.274 e. The Hall–Kier alpha value is -4.84. The number of nitro benzene ring substituents is 1. The zero-order chi connectivity index (χ0) is 24.2. The van der Waals surface area contributed by atoms with Crippen molar-refractivity contribution in [2.45, 2.75) is 13.5 Å². The van der Waals surface area contributed by atoms with Crippen molar-refractivity contribution < 1.29 is 14.1 Å². The molecule has 4 rings (SSSR count). The SMILES string of the molecule is Cc1c(C=NNC(=O)c2ccc(C#N)cc2F)c2ccccc2n1Cc1ccc([N+](=O)[O-])cc1. The van der Waals surface area contributed by atoms with Gasteiger partial charge in [0.15, 0.2) is 0 Å². The van der Waals surface area contributed by atoms with Gasteiger partial charge in [-0.05, 0) is 36.8 Å². The van der Waals surface area contributed by atoms with E-state index in [4.69, 9.17) is 5.26 Å². The number of halogens is 1. The fourth-order valence-corrected chi connectivity index (χ4v) is 3.71. The summed E-state index contributed by atoms with van der Waals surface area (Å²) in [4.78, 5) is 22.8. The van der Waals surface area contributed by atoms with Crippen LogP contribution in [0.2, 0.25) is 0 Å². The third-order valence-corrected chi connectivity index (χ3v) is 5.47. The third-order valence-electron chi connectivity index (χ3n) is 5.47. The molecule has 168 valence electrons. The Kier molecular flexibility index (Phi) is 6.14. The highest BCUT2D eigenvalue weighted by Gasteiger charge is 2.15. The number of carbonyl (C=O) groups is 1. The molecule has 3 aromatic carbocycles. The van der Waals surface area contributed by atoms with Gasteiger partial charge in [0, 0.05) is 40.8 Å². The average Bonchev–Trinajstić information content (AvgIpc) is 3.10. The number of rotatable bonds is 6. The molecule has 0 unspecified atom stereocenters. The number of hydrogen-bond donors (Lipinski definition) is 1. The van der Waals surface area contributed by atoms with Gasteiger partial charge in [0.25, 0.3) is 11.6 Å². The third kappa shape index (κ3) is 4.38. The van der Waals surface area contributed by atoms with Crippen LogP contribution in [0.5, 0.6) is 0 Å². The van der Waals surface area contributed by atoms with Crippen molar-refractivity contribution in [3.05, 3.63) is 111 Å². The number of para-hydroxylation sites is 1. The van der Waals surface area contributed by atoms with E-state index >= 15 is 0 Å². The lowest BCUT2D eigenvalue weighted by atomic mass is 10.1. The monoisotopic (exact) mass is 455 g/mol. The molecule has 8 nitrogen and oxygen atoms in total. The Balaban J connectivity index is 1.60. The minimum absolute atomic E-state index is 0.0279. The van der Waals surface area contributed by atoms with Gasteiger partial charge in [-0.2, -0.15) is 10.4 Å². The molecule has 34 heavy (non-hydrogen) atoms. The number of fused-ring (bicyclic) bond motifs is 1. The summed E-state index contributed by atoms with van der Waals surface area (Å²) < 4.78 is 16.1. The maximum absolute atomic E-state index is 14.1. The van der Waals surface area contributed by atoms with E-state index in [-0.39, 0.29) is 16.8 Å².